The molecule has 25 heavy (non-hydrogen) atoms. The summed E-state index contributed by atoms with van der Waals surface area (Å²) >= 11 is 0. The summed E-state index contributed by atoms with van der Waals surface area (Å²) < 4.78 is 27.6. The third kappa shape index (κ3) is 3.81. The first kappa shape index (κ1) is 17.4. The van der Waals surface area contributed by atoms with E-state index in [1.165, 1.54) is 0 Å². The number of aromatic amines is 1. The molecule has 1 aromatic heterocycles. The molecule has 0 fully saturated rings. The average Bonchev–Trinajstić information content (AvgIpc) is 2.57. The van der Waals surface area contributed by atoms with Crippen LogP contribution in [-0.4, -0.2) is 19.9 Å². The Kier molecular flexibility index (Phi) is 4.74. The molecule has 0 bridgehead atoms. The zero-order valence-corrected chi connectivity index (χ0v) is 15.0. The summed E-state index contributed by atoms with van der Waals surface area (Å²) in [6.07, 6.45) is 0.324. The van der Waals surface area contributed by atoms with Gasteiger partial charge in [-0.25, -0.2) is 13.1 Å². The molecule has 0 unspecified atom stereocenters. The minimum atomic E-state index is -3.60. The molecule has 2 N–H and O–H groups in total. The number of rotatable bonds is 5. The molecule has 0 saturated heterocycles. The van der Waals surface area contributed by atoms with Crippen LogP contribution in [0.25, 0.3) is 10.9 Å². The van der Waals surface area contributed by atoms with Gasteiger partial charge < -0.3 is 4.98 Å². The summed E-state index contributed by atoms with van der Waals surface area (Å²) in [7, 11) is -3.60. The maximum Gasteiger partial charge on any atom is 0.251 e. The summed E-state index contributed by atoms with van der Waals surface area (Å²) in [5, 5.41) is 0.925. The van der Waals surface area contributed by atoms with E-state index in [1.54, 1.807) is 25.1 Å². The summed E-state index contributed by atoms with van der Waals surface area (Å²) in [4.78, 5) is 15.2. The van der Waals surface area contributed by atoms with Gasteiger partial charge in [0.15, 0.2) is 0 Å². The quantitative estimate of drug-likeness (QED) is 0.738. The molecular formula is C19H20N2O3S. The fourth-order valence-corrected chi connectivity index (χ4v) is 4.13. The fourth-order valence-electron chi connectivity index (χ4n) is 2.77. The Hall–Kier alpha value is -2.44. The Labute approximate surface area is 146 Å². The van der Waals surface area contributed by atoms with Gasteiger partial charge in [-0.3, -0.25) is 4.79 Å². The standard InChI is InChI=1S/C19H20N2O3S/c1-13-7-8-14(2)18(11-13)25(23,24)20-10-9-16-12-15-5-3-4-6-17(15)21-19(16)22/h3-8,11-12,20H,9-10H2,1-2H3,(H,21,22). The lowest BCUT2D eigenvalue weighted by atomic mass is 10.1. The van der Waals surface area contributed by atoms with Gasteiger partial charge in [-0.05, 0) is 55.0 Å². The highest BCUT2D eigenvalue weighted by Crippen LogP contribution is 2.16. The molecule has 3 rings (SSSR count). The number of sulfonamides is 1. The highest BCUT2D eigenvalue weighted by atomic mass is 32.2. The van der Waals surface area contributed by atoms with Gasteiger partial charge in [0.05, 0.1) is 4.90 Å². The Morgan fingerprint density at radius 2 is 1.80 bits per heavy atom. The molecule has 0 spiro atoms. The van der Waals surface area contributed by atoms with Crippen LogP contribution < -0.4 is 10.3 Å². The zero-order chi connectivity index (χ0) is 18.0. The van der Waals surface area contributed by atoms with E-state index in [1.807, 2.05) is 37.3 Å². The third-order valence-electron chi connectivity index (χ3n) is 4.15. The predicted molar refractivity (Wildman–Crippen MR) is 99.4 cm³/mol. The Morgan fingerprint density at radius 3 is 2.60 bits per heavy atom. The summed E-state index contributed by atoms with van der Waals surface area (Å²) in [5.74, 6) is 0. The van der Waals surface area contributed by atoms with Crippen molar-refractivity contribution in [2.24, 2.45) is 0 Å². The topological polar surface area (TPSA) is 79.0 Å². The van der Waals surface area contributed by atoms with Crippen LogP contribution in [0, 0.1) is 13.8 Å². The monoisotopic (exact) mass is 356 g/mol. The fraction of sp³-hybridized carbons (Fsp3) is 0.211. The van der Waals surface area contributed by atoms with Gasteiger partial charge in [-0.15, -0.1) is 0 Å². The molecule has 0 atom stereocenters. The van der Waals surface area contributed by atoms with Crippen molar-refractivity contribution in [3.05, 3.63) is 75.6 Å². The molecule has 1 heterocycles. The van der Waals surface area contributed by atoms with Crippen molar-refractivity contribution in [2.45, 2.75) is 25.2 Å². The van der Waals surface area contributed by atoms with Crippen molar-refractivity contribution < 1.29 is 8.42 Å². The highest BCUT2D eigenvalue weighted by Gasteiger charge is 2.16. The molecule has 0 aliphatic carbocycles. The van der Waals surface area contributed by atoms with E-state index < -0.39 is 10.0 Å². The van der Waals surface area contributed by atoms with Crippen molar-refractivity contribution in [1.29, 1.82) is 0 Å². The van der Waals surface area contributed by atoms with Crippen molar-refractivity contribution >= 4 is 20.9 Å². The smallest absolute Gasteiger partial charge is 0.251 e. The van der Waals surface area contributed by atoms with Crippen molar-refractivity contribution in [3.63, 3.8) is 0 Å². The van der Waals surface area contributed by atoms with Crippen LogP contribution in [0.1, 0.15) is 16.7 Å². The molecule has 0 aliphatic rings. The minimum Gasteiger partial charge on any atom is -0.322 e. The van der Waals surface area contributed by atoms with Gasteiger partial charge in [-0.1, -0.05) is 30.3 Å². The van der Waals surface area contributed by atoms with Crippen molar-refractivity contribution in [3.8, 4) is 0 Å². The first-order valence-corrected chi connectivity index (χ1v) is 9.53. The maximum atomic E-state index is 12.5. The van der Waals surface area contributed by atoms with E-state index >= 15 is 0 Å². The van der Waals surface area contributed by atoms with E-state index in [9.17, 15) is 13.2 Å². The molecule has 6 heteroatoms. The first-order valence-electron chi connectivity index (χ1n) is 8.05. The second-order valence-electron chi connectivity index (χ2n) is 6.13. The first-order chi connectivity index (χ1) is 11.9. The number of pyridine rings is 1. The zero-order valence-electron chi connectivity index (χ0n) is 14.2. The molecule has 2 aromatic carbocycles. The number of aryl methyl sites for hydroxylation is 2. The number of aromatic nitrogens is 1. The maximum absolute atomic E-state index is 12.5. The van der Waals surface area contributed by atoms with Gasteiger partial charge >= 0.3 is 0 Å². The van der Waals surface area contributed by atoms with Crippen molar-refractivity contribution in [1.82, 2.24) is 9.71 Å². The van der Waals surface area contributed by atoms with Gasteiger partial charge in [-0.2, -0.15) is 0 Å². The average molecular weight is 356 g/mol. The van der Waals surface area contributed by atoms with Crippen LogP contribution in [0.3, 0.4) is 0 Å². The van der Waals surface area contributed by atoms with E-state index in [0.717, 1.165) is 16.5 Å². The molecule has 0 saturated carbocycles. The highest BCUT2D eigenvalue weighted by molar-refractivity contribution is 7.89. The number of benzene rings is 2. The van der Waals surface area contributed by atoms with E-state index in [4.69, 9.17) is 0 Å². The van der Waals surface area contributed by atoms with E-state index in [-0.39, 0.29) is 17.0 Å². The Bertz CT molecular complexity index is 1090. The largest absolute Gasteiger partial charge is 0.322 e. The van der Waals surface area contributed by atoms with E-state index in [2.05, 4.69) is 9.71 Å². The molecule has 3 aromatic rings. The van der Waals surface area contributed by atoms with Crippen LogP contribution in [-0.2, 0) is 16.4 Å². The van der Waals surface area contributed by atoms with E-state index in [0.29, 0.717) is 17.5 Å². The normalized spacial score (nSPS) is 11.8. The summed E-state index contributed by atoms with van der Waals surface area (Å²) in [6, 6.07) is 14.6. The van der Waals surface area contributed by atoms with Gasteiger partial charge in [0.25, 0.3) is 5.56 Å². The second kappa shape index (κ2) is 6.82. The molecule has 0 radical (unpaired) electrons. The Morgan fingerprint density at radius 1 is 1.04 bits per heavy atom. The van der Waals surface area contributed by atoms with Crippen LogP contribution in [0.15, 0.2) is 58.2 Å². The molecule has 0 amide bonds. The van der Waals surface area contributed by atoms with Gasteiger partial charge in [0, 0.05) is 17.6 Å². The molecule has 0 aliphatic heterocycles. The third-order valence-corrected chi connectivity index (χ3v) is 5.75. The lowest BCUT2D eigenvalue weighted by molar-refractivity contribution is 0.581. The number of hydrogen-bond acceptors (Lipinski definition) is 3. The van der Waals surface area contributed by atoms with Gasteiger partial charge in [0.2, 0.25) is 10.0 Å². The molecule has 130 valence electrons. The molecular weight excluding hydrogens is 336 g/mol. The van der Waals surface area contributed by atoms with Crippen LogP contribution in [0.5, 0.6) is 0 Å². The summed E-state index contributed by atoms with van der Waals surface area (Å²) in [6.45, 7) is 3.78. The summed E-state index contributed by atoms with van der Waals surface area (Å²) in [5.41, 5.74) is 2.72. The number of hydrogen-bond donors (Lipinski definition) is 2. The lowest BCUT2D eigenvalue weighted by Crippen LogP contribution is -2.28. The van der Waals surface area contributed by atoms with Crippen LogP contribution in [0.2, 0.25) is 0 Å². The Balaban J connectivity index is 1.77. The van der Waals surface area contributed by atoms with Crippen molar-refractivity contribution in [2.75, 3.05) is 6.54 Å². The second-order valence-corrected chi connectivity index (χ2v) is 7.86. The lowest BCUT2D eigenvalue weighted by Gasteiger charge is -2.10. The number of H-pyrrole nitrogens is 1. The van der Waals surface area contributed by atoms with Crippen LogP contribution in [0.4, 0.5) is 0 Å². The van der Waals surface area contributed by atoms with Crippen LogP contribution >= 0.6 is 0 Å². The number of nitrogens with one attached hydrogen (secondary N) is 2. The SMILES string of the molecule is Cc1ccc(C)c(S(=O)(=O)NCCc2cc3ccccc3[nH]c2=O)c1. The molecule has 5 nitrogen and oxygen atoms in total. The van der Waals surface area contributed by atoms with Gasteiger partial charge in [0.1, 0.15) is 0 Å². The number of fused-ring (bicyclic) bond motifs is 1. The predicted octanol–water partition coefficient (Wildman–Crippen LogP) is 2.67. The minimum absolute atomic E-state index is 0.164. The number of para-hydroxylation sites is 1.